The van der Waals surface area contributed by atoms with E-state index in [9.17, 15) is 4.79 Å². The van der Waals surface area contributed by atoms with Crippen LogP contribution >= 0.6 is 0 Å². The topological polar surface area (TPSA) is 26.3 Å². The van der Waals surface area contributed by atoms with Crippen molar-refractivity contribution in [3.63, 3.8) is 0 Å². The summed E-state index contributed by atoms with van der Waals surface area (Å²) in [4.78, 5) is 10.7. The molecular weight excluding hydrogens is 140 g/mol. The molecule has 0 atom stereocenters. The van der Waals surface area contributed by atoms with Crippen molar-refractivity contribution in [2.24, 2.45) is 0 Å². The summed E-state index contributed by atoms with van der Waals surface area (Å²) in [6.45, 7) is 2.10. The Morgan fingerprint density at radius 1 is 1.45 bits per heavy atom. The molecule has 0 spiro atoms. The second-order valence-corrected chi connectivity index (χ2v) is 2.96. The molecule has 1 saturated carbocycles. The van der Waals surface area contributed by atoms with Crippen molar-refractivity contribution in [3.05, 3.63) is 11.1 Å². The van der Waals surface area contributed by atoms with Gasteiger partial charge in [-0.15, -0.1) is 0 Å². The Morgan fingerprint density at radius 2 is 2.09 bits per heavy atom. The van der Waals surface area contributed by atoms with Crippen molar-refractivity contribution < 1.29 is 9.53 Å². The van der Waals surface area contributed by atoms with Gasteiger partial charge in [0.05, 0.1) is 7.11 Å². The van der Waals surface area contributed by atoms with Crippen LogP contribution in [-0.4, -0.2) is 13.1 Å². The zero-order valence-corrected chi connectivity index (χ0v) is 7.14. The molecule has 1 fully saturated rings. The smallest absolute Gasteiger partial charge is 0.305 e. The predicted octanol–water partition coefficient (Wildman–Crippen LogP) is 2.05. The van der Waals surface area contributed by atoms with Gasteiger partial charge < -0.3 is 4.74 Å². The van der Waals surface area contributed by atoms with Crippen LogP contribution in [0.2, 0.25) is 0 Å². The fourth-order valence-electron chi connectivity index (χ4n) is 1.06. The third kappa shape index (κ3) is 2.74. The summed E-state index contributed by atoms with van der Waals surface area (Å²) >= 11 is 0. The van der Waals surface area contributed by atoms with Crippen LogP contribution in [0.25, 0.3) is 0 Å². The van der Waals surface area contributed by atoms with E-state index in [0.29, 0.717) is 6.42 Å². The molecular formula is C9H14O2. The third-order valence-corrected chi connectivity index (χ3v) is 2.04. The maximum Gasteiger partial charge on any atom is 0.305 e. The Balaban J connectivity index is 2.22. The number of carbonyl (C=O) groups is 1. The highest BCUT2D eigenvalue weighted by Gasteiger charge is 2.14. The minimum absolute atomic E-state index is 0.106. The minimum atomic E-state index is -0.106. The molecule has 0 aromatic carbocycles. The number of hydrogen-bond donors (Lipinski definition) is 0. The first kappa shape index (κ1) is 8.31. The number of methoxy groups -OCH3 is 1. The van der Waals surface area contributed by atoms with Gasteiger partial charge in [-0.2, -0.15) is 0 Å². The summed E-state index contributed by atoms with van der Waals surface area (Å²) < 4.78 is 4.54. The van der Waals surface area contributed by atoms with E-state index in [4.69, 9.17) is 0 Å². The third-order valence-electron chi connectivity index (χ3n) is 2.04. The van der Waals surface area contributed by atoms with Crippen molar-refractivity contribution >= 4 is 5.97 Å². The Kier molecular flexibility index (Phi) is 2.69. The van der Waals surface area contributed by atoms with E-state index < -0.39 is 0 Å². The summed E-state index contributed by atoms with van der Waals surface area (Å²) in [6.07, 6.45) is 3.90. The monoisotopic (exact) mass is 154 g/mol. The molecule has 2 nitrogen and oxygen atoms in total. The lowest BCUT2D eigenvalue weighted by Gasteiger charge is -1.98. The van der Waals surface area contributed by atoms with Gasteiger partial charge in [-0.3, -0.25) is 4.79 Å². The highest BCUT2D eigenvalue weighted by atomic mass is 16.5. The maximum atomic E-state index is 10.7. The average molecular weight is 154 g/mol. The van der Waals surface area contributed by atoms with Crippen LogP contribution in [0.15, 0.2) is 11.1 Å². The first-order chi connectivity index (χ1) is 5.24. The molecule has 0 aromatic heterocycles. The molecule has 0 saturated heterocycles. The van der Waals surface area contributed by atoms with Crippen molar-refractivity contribution in [2.45, 2.75) is 32.6 Å². The van der Waals surface area contributed by atoms with Gasteiger partial charge in [0.25, 0.3) is 0 Å². The van der Waals surface area contributed by atoms with Crippen LogP contribution in [0.4, 0.5) is 0 Å². The van der Waals surface area contributed by atoms with Gasteiger partial charge in [0.2, 0.25) is 0 Å². The Bertz CT molecular complexity index is 186. The van der Waals surface area contributed by atoms with Gasteiger partial charge in [0, 0.05) is 6.42 Å². The summed E-state index contributed by atoms with van der Waals surface area (Å²) in [5.41, 5.74) is 2.92. The van der Waals surface area contributed by atoms with Crippen molar-refractivity contribution in [1.82, 2.24) is 0 Å². The molecule has 11 heavy (non-hydrogen) atoms. The van der Waals surface area contributed by atoms with Crippen molar-refractivity contribution in [3.8, 4) is 0 Å². The first-order valence-electron chi connectivity index (χ1n) is 3.98. The lowest BCUT2D eigenvalue weighted by Crippen LogP contribution is -1.99. The minimum Gasteiger partial charge on any atom is -0.469 e. The van der Waals surface area contributed by atoms with Gasteiger partial charge in [-0.25, -0.2) is 0 Å². The van der Waals surface area contributed by atoms with Crippen LogP contribution in [0.5, 0.6) is 0 Å². The highest BCUT2D eigenvalue weighted by molar-refractivity contribution is 5.69. The second kappa shape index (κ2) is 3.56. The molecule has 0 unspecified atom stereocenters. The average Bonchev–Trinajstić information content (AvgIpc) is 2.81. The van der Waals surface area contributed by atoms with E-state index in [2.05, 4.69) is 11.7 Å². The molecule has 0 bridgehead atoms. The van der Waals surface area contributed by atoms with Crippen LogP contribution in [0, 0.1) is 0 Å². The summed E-state index contributed by atoms with van der Waals surface area (Å²) in [6, 6.07) is 0. The molecule has 0 N–H and O–H groups in total. The van der Waals surface area contributed by atoms with Crippen LogP contribution in [-0.2, 0) is 9.53 Å². The Labute approximate surface area is 67.2 Å². The quantitative estimate of drug-likeness (QED) is 0.459. The van der Waals surface area contributed by atoms with Gasteiger partial charge in [-0.05, 0) is 26.2 Å². The van der Waals surface area contributed by atoms with E-state index in [1.807, 2.05) is 0 Å². The molecule has 2 heteroatoms. The SMILES string of the molecule is COC(=O)CCC(C)=C1CC1. The van der Waals surface area contributed by atoms with Gasteiger partial charge >= 0.3 is 5.97 Å². The molecule has 0 amide bonds. The summed E-state index contributed by atoms with van der Waals surface area (Å²) in [7, 11) is 1.43. The fourth-order valence-corrected chi connectivity index (χ4v) is 1.06. The lowest BCUT2D eigenvalue weighted by atomic mass is 10.1. The molecule has 1 rings (SSSR count). The highest BCUT2D eigenvalue weighted by Crippen LogP contribution is 2.32. The molecule has 0 aliphatic heterocycles. The molecule has 0 aromatic rings. The van der Waals surface area contributed by atoms with E-state index in [0.717, 1.165) is 6.42 Å². The van der Waals surface area contributed by atoms with Crippen molar-refractivity contribution in [1.29, 1.82) is 0 Å². The second-order valence-electron chi connectivity index (χ2n) is 2.96. The normalized spacial score (nSPS) is 14.5. The molecule has 0 heterocycles. The number of rotatable bonds is 3. The number of ether oxygens (including phenoxy) is 1. The van der Waals surface area contributed by atoms with Gasteiger partial charge in [0.15, 0.2) is 0 Å². The Morgan fingerprint density at radius 3 is 2.55 bits per heavy atom. The van der Waals surface area contributed by atoms with Gasteiger partial charge in [-0.1, -0.05) is 11.1 Å². The maximum absolute atomic E-state index is 10.7. The lowest BCUT2D eigenvalue weighted by molar-refractivity contribution is -0.140. The molecule has 0 radical (unpaired) electrons. The van der Waals surface area contributed by atoms with Gasteiger partial charge in [0.1, 0.15) is 0 Å². The Hall–Kier alpha value is -0.790. The van der Waals surface area contributed by atoms with Crippen molar-refractivity contribution in [2.75, 3.05) is 7.11 Å². The molecule has 1 aliphatic carbocycles. The summed E-state index contributed by atoms with van der Waals surface area (Å²) in [5, 5.41) is 0. The first-order valence-corrected chi connectivity index (χ1v) is 3.98. The standard InChI is InChI=1S/C9H14O2/c1-7(8-4-5-8)3-6-9(10)11-2/h3-6H2,1-2H3. The number of esters is 1. The van der Waals surface area contributed by atoms with Crippen LogP contribution < -0.4 is 0 Å². The zero-order valence-electron chi connectivity index (χ0n) is 7.14. The predicted molar refractivity (Wildman–Crippen MR) is 43.2 cm³/mol. The van der Waals surface area contributed by atoms with E-state index in [-0.39, 0.29) is 5.97 Å². The molecule has 62 valence electrons. The fraction of sp³-hybridized carbons (Fsp3) is 0.667. The van der Waals surface area contributed by atoms with Crippen LogP contribution in [0.3, 0.4) is 0 Å². The number of carbonyl (C=O) groups excluding carboxylic acids is 1. The largest absolute Gasteiger partial charge is 0.469 e. The van der Waals surface area contributed by atoms with E-state index in [1.54, 1.807) is 0 Å². The van der Waals surface area contributed by atoms with E-state index in [1.165, 1.54) is 31.1 Å². The zero-order chi connectivity index (χ0) is 8.27. The van der Waals surface area contributed by atoms with Crippen LogP contribution in [0.1, 0.15) is 32.6 Å². The summed E-state index contributed by atoms with van der Waals surface area (Å²) in [5.74, 6) is -0.106. The number of hydrogen-bond acceptors (Lipinski definition) is 2. The van der Waals surface area contributed by atoms with E-state index >= 15 is 0 Å². The molecule has 1 aliphatic rings. The number of allylic oxidation sites excluding steroid dienone is 2.